The number of aryl methyl sites for hydroxylation is 2. The summed E-state index contributed by atoms with van der Waals surface area (Å²) in [4.78, 5) is 27.3. The van der Waals surface area contributed by atoms with Gasteiger partial charge in [0.2, 0.25) is 16.0 Å². The fourth-order valence-electron chi connectivity index (χ4n) is 4.46. The monoisotopic (exact) mass is 512 g/mol. The Hall–Kier alpha value is -3.09. The van der Waals surface area contributed by atoms with Crippen molar-refractivity contribution in [1.29, 1.82) is 0 Å². The van der Waals surface area contributed by atoms with Crippen LogP contribution in [0.5, 0.6) is 0 Å². The summed E-state index contributed by atoms with van der Waals surface area (Å²) in [5.41, 5.74) is 1.23. The van der Waals surface area contributed by atoms with Crippen molar-refractivity contribution in [2.45, 2.75) is 56.6 Å². The predicted octanol–water partition coefficient (Wildman–Crippen LogP) is 3.15. The van der Waals surface area contributed by atoms with E-state index in [1.807, 2.05) is 31.7 Å². The molecule has 1 amide bonds. The molecule has 0 radical (unpaired) electrons. The van der Waals surface area contributed by atoms with Crippen LogP contribution in [0.1, 0.15) is 57.5 Å². The summed E-state index contributed by atoms with van der Waals surface area (Å²) in [6.45, 7) is 6.31. The average Bonchev–Trinajstić information content (AvgIpc) is 3.19. The maximum absolute atomic E-state index is 13.7. The van der Waals surface area contributed by atoms with Crippen molar-refractivity contribution < 1.29 is 17.7 Å². The first kappa shape index (κ1) is 22.4. The van der Waals surface area contributed by atoms with Gasteiger partial charge in [-0.15, -0.1) is 11.3 Å². The predicted molar refractivity (Wildman–Crippen MR) is 130 cm³/mol. The van der Waals surface area contributed by atoms with Gasteiger partial charge in [0.05, 0.1) is 39.9 Å². The number of hydrogen-bond donors (Lipinski definition) is 1. The molecule has 3 aliphatic rings. The lowest BCUT2D eigenvalue weighted by Gasteiger charge is -2.38. The number of rotatable bonds is 6. The van der Waals surface area contributed by atoms with E-state index in [0.29, 0.717) is 29.5 Å². The molecule has 182 valence electrons. The quantitative estimate of drug-likeness (QED) is 0.538. The number of amides is 1. The maximum atomic E-state index is 13.7. The molecule has 3 aromatic rings. The van der Waals surface area contributed by atoms with Crippen molar-refractivity contribution in [1.82, 2.24) is 19.8 Å². The van der Waals surface area contributed by atoms with E-state index < -0.39 is 15.6 Å². The number of nitrogens with one attached hydrogen (secondary N) is 1. The smallest absolute Gasteiger partial charge is 0.263 e. The zero-order valence-electron chi connectivity index (χ0n) is 19.5. The highest BCUT2D eigenvalue weighted by atomic mass is 32.2. The average molecular weight is 513 g/mol. The summed E-state index contributed by atoms with van der Waals surface area (Å²) in [5.74, 6) is 0.840. The first-order chi connectivity index (χ1) is 16.6. The Balaban J connectivity index is 1.44. The van der Waals surface area contributed by atoms with Crippen molar-refractivity contribution in [3.8, 4) is 0 Å². The van der Waals surface area contributed by atoms with Gasteiger partial charge < -0.3 is 4.52 Å². The molecule has 2 aliphatic heterocycles. The fraction of sp³-hybridized carbons (Fsp3) is 0.391. The normalized spacial score (nSPS) is 20.6. The highest BCUT2D eigenvalue weighted by molar-refractivity contribution is 7.89. The van der Waals surface area contributed by atoms with Crippen LogP contribution in [0.15, 0.2) is 44.9 Å². The minimum Gasteiger partial charge on any atom is -0.359 e. The molecule has 1 atom stereocenters. The Bertz CT molecular complexity index is 1490. The van der Waals surface area contributed by atoms with Gasteiger partial charge in [-0.1, -0.05) is 5.16 Å². The highest BCUT2D eigenvalue weighted by Gasteiger charge is 2.45. The largest absolute Gasteiger partial charge is 0.359 e. The van der Waals surface area contributed by atoms with Crippen LogP contribution in [-0.2, 0) is 16.6 Å². The van der Waals surface area contributed by atoms with Crippen LogP contribution in [-0.4, -0.2) is 47.4 Å². The zero-order valence-corrected chi connectivity index (χ0v) is 21.1. The summed E-state index contributed by atoms with van der Waals surface area (Å²) in [6.07, 6.45) is 3.34. The number of fused-ring (bicyclic) bond motifs is 3. The van der Waals surface area contributed by atoms with Crippen LogP contribution < -0.4 is 9.62 Å². The van der Waals surface area contributed by atoms with Crippen LogP contribution in [0.25, 0.3) is 0 Å². The van der Waals surface area contributed by atoms with Crippen LogP contribution in [0, 0.1) is 13.8 Å². The Labute approximate surface area is 206 Å². The number of benzene rings is 1. The molecule has 1 N–H and O–H groups in total. The summed E-state index contributed by atoms with van der Waals surface area (Å²) in [6, 6.07) is 6.25. The molecule has 0 spiro atoms. The lowest BCUT2D eigenvalue weighted by atomic mass is 10.1. The number of anilines is 1. The fourth-order valence-corrected chi connectivity index (χ4v) is 6.74. The second-order valence-corrected chi connectivity index (χ2v) is 12.5. The molecule has 6 rings (SSSR count). The molecule has 0 saturated heterocycles. The summed E-state index contributed by atoms with van der Waals surface area (Å²) >= 11 is 1.51. The molecular formula is C23H24N6O4S2. The zero-order chi connectivity index (χ0) is 24.5. The minimum atomic E-state index is -3.78. The lowest BCUT2D eigenvalue weighted by Crippen LogP contribution is -2.50. The number of aromatic nitrogens is 2. The molecule has 35 heavy (non-hydrogen) atoms. The summed E-state index contributed by atoms with van der Waals surface area (Å²) in [7, 11) is -3.78. The van der Waals surface area contributed by atoms with Gasteiger partial charge in [0.15, 0.2) is 5.76 Å². The number of sulfonamides is 1. The Kier molecular flexibility index (Phi) is 4.93. The first-order valence-electron chi connectivity index (χ1n) is 11.3. The maximum Gasteiger partial charge on any atom is 0.263 e. The van der Waals surface area contributed by atoms with Gasteiger partial charge in [0.25, 0.3) is 5.91 Å². The van der Waals surface area contributed by atoms with Gasteiger partial charge >= 0.3 is 0 Å². The second-order valence-electron chi connectivity index (χ2n) is 9.48. The molecule has 4 heterocycles. The van der Waals surface area contributed by atoms with Gasteiger partial charge in [-0.2, -0.15) is 0 Å². The number of hydrogen-bond acceptors (Lipinski definition) is 9. The van der Waals surface area contributed by atoms with Crippen molar-refractivity contribution in [3.05, 3.63) is 57.4 Å². The highest BCUT2D eigenvalue weighted by Crippen LogP contribution is 2.41. The van der Waals surface area contributed by atoms with Crippen LogP contribution in [0.4, 0.5) is 5.69 Å². The number of carbonyl (C=O) groups excluding carboxylic acids is 1. The molecule has 1 aromatic carbocycles. The van der Waals surface area contributed by atoms with Crippen LogP contribution in [0.2, 0.25) is 0 Å². The van der Waals surface area contributed by atoms with Crippen molar-refractivity contribution >= 4 is 38.9 Å². The molecular weight excluding hydrogens is 488 g/mol. The molecule has 1 aliphatic carbocycles. The van der Waals surface area contributed by atoms with Crippen LogP contribution >= 0.6 is 11.3 Å². The molecule has 0 unspecified atom stereocenters. The van der Waals surface area contributed by atoms with E-state index in [4.69, 9.17) is 9.52 Å². The van der Waals surface area contributed by atoms with E-state index >= 15 is 0 Å². The first-order valence-corrected chi connectivity index (χ1v) is 13.6. The van der Waals surface area contributed by atoms with E-state index in [1.165, 1.54) is 17.4 Å². The van der Waals surface area contributed by atoms with E-state index in [9.17, 15) is 13.2 Å². The number of guanidine groups is 1. The molecule has 12 heteroatoms. The van der Waals surface area contributed by atoms with Gasteiger partial charge in [-0.05, 0) is 51.8 Å². The van der Waals surface area contributed by atoms with Crippen LogP contribution in [0.3, 0.4) is 0 Å². The Morgan fingerprint density at radius 3 is 2.71 bits per heavy atom. The Morgan fingerprint density at radius 2 is 2.06 bits per heavy atom. The third-order valence-corrected chi connectivity index (χ3v) is 9.06. The van der Waals surface area contributed by atoms with E-state index in [2.05, 4.69) is 14.9 Å². The van der Waals surface area contributed by atoms with Crippen molar-refractivity contribution in [2.75, 3.05) is 11.4 Å². The number of nitrogens with zero attached hydrogens (tertiary/aromatic N) is 5. The number of carbonyl (C=O) groups is 1. The number of thiazole rings is 1. The lowest BCUT2D eigenvalue weighted by molar-refractivity contribution is 0.0833. The van der Waals surface area contributed by atoms with Crippen molar-refractivity contribution in [2.24, 2.45) is 4.99 Å². The van der Waals surface area contributed by atoms with E-state index in [1.54, 1.807) is 23.2 Å². The van der Waals surface area contributed by atoms with Crippen molar-refractivity contribution in [3.63, 3.8) is 0 Å². The molecule has 0 bridgehead atoms. The summed E-state index contributed by atoms with van der Waals surface area (Å²) in [5, 5.41) is 4.92. The minimum absolute atomic E-state index is 0.0676. The molecule has 10 nitrogen and oxygen atoms in total. The molecule has 1 saturated carbocycles. The van der Waals surface area contributed by atoms with Gasteiger partial charge in [-0.3, -0.25) is 14.6 Å². The van der Waals surface area contributed by atoms with Gasteiger partial charge in [-0.25, -0.2) is 23.1 Å². The second kappa shape index (κ2) is 7.70. The summed E-state index contributed by atoms with van der Waals surface area (Å²) < 4.78 is 34.5. The molecule has 2 aromatic heterocycles. The van der Waals surface area contributed by atoms with E-state index in [-0.39, 0.29) is 23.4 Å². The topological polar surface area (TPSA) is 121 Å². The SMILES string of the molecule is Cc1cc([C@@H]2CN=C3N(Cc4cnc(C)s4)C(=O)c4cc(S(=O)(=O)NC5(C)CC5)ccc4N32)on1. The Morgan fingerprint density at radius 1 is 1.26 bits per heavy atom. The van der Waals surface area contributed by atoms with Gasteiger partial charge in [0.1, 0.15) is 6.04 Å². The third-order valence-electron chi connectivity index (χ3n) is 6.53. The standard InChI is InChI=1S/C23H24N6O4S2/c1-13-8-20(33-26-13)19-11-25-22-28(12-15-10-24-14(2)34-15)21(30)17-9-16(4-5-18(17)29(19)22)35(31,32)27-23(3)6-7-23/h4-5,8-10,19,27H,6-7,11-12H2,1-3H3/t19-/m0/s1. The van der Waals surface area contributed by atoms with E-state index in [0.717, 1.165) is 28.4 Å². The molecule has 1 fully saturated rings. The third kappa shape index (κ3) is 3.85. The van der Waals surface area contributed by atoms with Gasteiger partial charge in [0, 0.05) is 22.7 Å². The number of aliphatic imine (C=N–C) groups is 1.